The van der Waals surface area contributed by atoms with Crippen LogP contribution in [0, 0.1) is 11.7 Å². The van der Waals surface area contributed by atoms with E-state index in [1.54, 1.807) is 17.0 Å². The zero-order valence-electron chi connectivity index (χ0n) is 13.6. The Hall–Kier alpha value is -1.99. The number of carbonyl (C=O) groups is 2. The van der Waals surface area contributed by atoms with Crippen molar-refractivity contribution in [1.29, 1.82) is 0 Å². The van der Waals surface area contributed by atoms with Gasteiger partial charge in [-0.1, -0.05) is 0 Å². The van der Waals surface area contributed by atoms with Gasteiger partial charge in [-0.2, -0.15) is 0 Å². The molecule has 2 N–H and O–H groups in total. The second-order valence-electron chi connectivity index (χ2n) is 6.29. The van der Waals surface area contributed by atoms with Gasteiger partial charge < -0.3 is 19.9 Å². The van der Waals surface area contributed by atoms with Crippen molar-refractivity contribution in [3.63, 3.8) is 0 Å². The van der Waals surface area contributed by atoms with Crippen molar-refractivity contribution in [2.24, 2.45) is 5.92 Å². The van der Waals surface area contributed by atoms with Crippen LogP contribution in [0.4, 0.5) is 10.1 Å². The van der Waals surface area contributed by atoms with Gasteiger partial charge in [0.1, 0.15) is 18.9 Å². The van der Waals surface area contributed by atoms with Crippen LogP contribution < -0.4 is 15.1 Å². The van der Waals surface area contributed by atoms with E-state index in [9.17, 15) is 14.0 Å². The molecule has 2 amide bonds. The number of nitrogens with zero attached hydrogens (tertiary/aromatic N) is 1. The van der Waals surface area contributed by atoms with Crippen molar-refractivity contribution >= 4 is 17.5 Å². The SMILES string of the molecule is O=C(NCC[NH+]1CCOCC1)[C@H]1CC(=O)N(c2ccc(F)cc2)C1. The van der Waals surface area contributed by atoms with E-state index in [1.807, 2.05) is 0 Å². The Labute approximate surface area is 140 Å². The van der Waals surface area contributed by atoms with Gasteiger partial charge in [0.2, 0.25) is 11.8 Å². The molecule has 0 unspecified atom stereocenters. The summed E-state index contributed by atoms with van der Waals surface area (Å²) in [5.74, 6) is -0.867. The first-order valence-corrected chi connectivity index (χ1v) is 8.38. The number of nitrogens with one attached hydrogen (secondary N) is 2. The Balaban J connectivity index is 1.47. The largest absolute Gasteiger partial charge is 0.370 e. The summed E-state index contributed by atoms with van der Waals surface area (Å²) < 4.78 is 18.3. The first kappa shape index (κ1) is 16.9. The highest BCUT2D eigenvalue weighted by Gasteiger charge is 2.35. The van der Waals surface area contributed by atoms with Crippen molar-refractivity contribution in [2.45, 2.75) is 6.42 Å². The predicted molar refractivity (Wildman–Crippen MR) is 86.3 cm³/mol. The lowest BCUT2D eigenvalue weighted by Gasteiger charge is -2.24. The molecule has 1 aromatic rings. The Morgan fingerprint density at radius 1 is 1.29 bits per heavy atom. The lowest BCUT2D eigenvalue weighted by molar-refractivity contribution is -0.906. The molecular formula is C17H23FN3O3+. The summed E-state index contributed by atoms with van der Waals surface area (Å²) in [6.45, 7) is 5.31. The summed E-state index contributed by atoms with van der Waals surface area (Å²) >= 11 is 0. The fourth-order valence-corrected chi connectivity index (χ4v) is 3.17. The molecule has 7 heteroatoms. The zero-order valence-corrected chi connectivity index (χ0v) is 13.6. The molecule has 24 heavy (non-hydrogen) atoms. The van der Waals surface area contributed by atoms with E-state index < -0.39 is 0 Å². The predicted octanol–water partition coefficient (Wildman–Crippen LogP) is -0.790. The topological polar surface area (TPSA) is 63.1 Å². The molecule has 3 rings (SSSR count). The Morgan fingerprint density at radius 3 is 2.71 bits per heavy atom. The summed E-state index contributed by atoms with van der Waals surface area (Å²) in [4.78, 5) is 27.4. The van der Waals surface area contributed by atoms with Crippen molar-refractivity contribution in [1.82, 2.24) is 5.32 Å². The number of rotatable bonds is 5. The average molecular weight is 336 g/mol. The minimum Gasteiger partial charge on any atom is -0.370 e. The number of benzene rings is 1. The lowest BCUT2D eigenvalue weighted by atomic mass is 10.1. The number of hydrogen-bond acceptors (Lipinski definition) is 3. The van der Waals surface area contributed by atoms with Gasteiger partial charge in [0.05, 0.1) is 32.2 Å². The zero-order chi connectivity index (χ0) is 16.9. The van der Waals surface area contributed by atoms with E-state index in [0.29, 0.717) is 18.8 Å². The summed E-state index contributed by atoms with van der Waals surface area (Å²) in [5.41, 5.74) is 0.634. The normalized spacial score (nSPS) is 22.0. The Morgan fingerprint density at radius 2 is 2.00 bits per heavy atom. The van der Waals surface area contributed by atoms with E-state index in [1.165, 1.54) is 17.0 Å². The molecule has 0 spiro atoms. The summed E-state index contributed by atoms with van der Waals surface area (Å²) in [7, 11) is 0. The number of amides is 2. The van der Waals surface area contributed by atoms with Gasteiger partial charge in [0.15, 0.2) is 0 Å². The smallest absolute Gasteiger partial charge is 0.227 e. The molecule has 0 bridgehead atoms. The highest BCUT2D eigenvalue weighted by molar-refractivity contribution is 6.00. The van der Waals surface area contributed by atoms with Crippen LogP contribution in [0.25, 0.3) is 0 Å². The highest BCUT2D eigenvalue weighted by atomic mass is 19.1. The lowest BCUT2D eigenvalue weighted by Crippen LogP contribution is -3.14. The van der Waals surface area contributed by atoms with Crippen molar-refractivity contribution in [3.05, 3.63) is 30.1 Å². The first-order valence-electron chi connectivity index (χ1n) is 8.38. The molecular weight excluding hydrogens is 313 g/mol. The van der Waals surface area contributed by atoms with Gasteiger partial charge in [-0.15, -0.1) is 0 Å². The van der Waals surface area contributed by atoms with E-state index >= 15 is 0 Å². The fraction of sp³-hybridized carbons (Fsp3) is 0.529. The number of anilines is 1. The molecule has 0 aliphatic carbocycles. The molecule has 0 radical (unpaired) electrons. The van der Waals surface area contributed by atoms with Gasteiger partial charge in [-0.25, -0.2) is 4.39 Å². The molecule has 1 aromatic carbocycles. The quantitative estimate of drug-likeness (QED) is 0.741. The molecule has 0 saturated carbocycles. The molecule has 2 heterocycles. The van der Waals surface area contributed by atoms with Gasteiger partial charge in [0, 0.05) is 18.7 Å². The molecule has 1 atom stereocenters. The van der Waals surface area contributed by atoms with Crippen LogP contribution >= 0.6 is 0 Å². The van der Waals surface area contributed by atoms with Crippen LogP contribution in [-0.4, -0.2) is 57.8 Å². The highest BCUT2D eigenvalue weighted by Crippen LogP contribution is 2.25. The summed E-state index contributed by atoms with van der Waals surface area (Å²) in [6.07, 6.45) is 0.202. The van der Waals surface area contributed by atoms with Gasteiger partial charge in [-0.3, -0.25) is 9.59 Å². The van der Waals surface area contributed by atoms with Gasteiger partial charge >= 0.3 is 0 Å². The maximum absolute atomic E-state index is 13.0. The maximum atomic E-state index is 13.0. The third kappa shape index (κ3) is 4.10. The maximum Gasteiger partial charge on any atom is 0.227 e. The van der Waals surface area contributed by atoms with Crippen molar-refractivity contribution in [2.75, 3.05) is 50.8 Å². The van der Waals surface area contributed by atoms with Gasteiger partial charge in [-0.05, 0) is 24.3 Å². The monoisotopic (exact) mass is 336 g/mol. The van der Waals surface area contributed by atoms with E-state index in [2.05, 4.69) is 5.32 Å². The second kappa shape index (κ2) is 7.72. The molecule has 6 nitrogen and oxygen atoms in total. The van der Waals surface area contributed by atoms with Crippen LogP contribution in [-0.2, 0) is 14.3 Å². The number of morpholine rings is 1. The standard InChI is InChI=1S/C17H22FN3O3/c18-14-1-3-15(4-2-14)21-12-13(11-16(21)22)17(23)19-5-6-20-7-9-24-10-8-20/h1-4,13H,5-12H2,(H,19,23)/p+1/t13-/m0/s1. The first-order chi connectivity index (χ1) is 11.6. The molecule has 130 valence electrons. The molecule has 2 aliphatic rings. The Kier molecular flexibility index (Phi) is 5.42. The minimum absolute atomic E-state index is 0.0828. The number of carbonyl (C=O) groups excluding carboxylic acids is 2. The van der Waals surface area contributed by atoms with Gasteiger partial charge in [0.25, 0.3) is 0 Å². The Bertz CT molecular complexity index is 587. The number of quaternary nitrogens is 1. The van der Waals surface area contributed by atoms with Crippen LogP contribution in [0.5, 0.6) is 0 Å². The summed E-state index contributed by atoms with van der Waals surface area (Å²) in [5, 5.41) is 2.93. The third-order valence-electron chi connectivity index (χ3n) is 4.61. The van der Waals surface area contributed by atoms with Crippen LogP contribution in [0.1, 0.15) is 6.42 Å². The number of ether oxygens (including phenoxy) is 1. The molecule has 2 fully saturated rings. The van der Waals surface area contributed by atoms with E-state index in [0.717, 1.165) is 32.8 Å². The molecule has 2 aliphatic heterocycles. The van der Waals surface area contributed by atoms with Crippen LogP contribution in [0.15, 0.2) is 24.3 Å². The van der Waals surface area contributed by atoms with Crippen molar-refractivity contribution in [3.8, 4) is 0 Å². The fourth-order valence-electron chi connectivity index (χ4n) is 3.17. The van der Waals surface area contributed by atoms with E-state index in [-0.39, 0.29) is 30.0 Å². The van der Waals surface area contributed by atoms with Crippen LogP contribution in [0.2, 0.25) is 0 Å². The molecule has 0 aromatic heterocycles. The van der Waals surface area contributed by atoms with Crippen LogP contribution in [0.3, 0.4) is 0 Å². The molecule has 2 saturated heterocycles. The summed E-state index contributed by atoms with van der Waals surface area (Å²) in [6, 6.07) is 5.77. The van der Waals surface area contributed by atoms with Crippen molar-refractivity contribution < 1.29 is 23.6 Å². The number of hydrogen-bond donors (Lipinski definition) is 2. The second-order valence-corrected chi connectivity index (χ2v) is 6.29. The minimum atomic E-state index is -0.345. The number of halogens is 1. The third-order valence-corrected chi connectivity index (χ3v) is 4.61. The average Bonchev–Trinajstić information content (AvgIpc) is 2.98. The van der Waals surface area contributed by atoms with E-state index in [4.69, 9.17) is 4.74 Å².